The van der Waals surface area contributed by atoms with E-state index in [1.54, 1.807) is 0 Å². The molecule has 0 radical (unpaired) electrons. The second-order valence-electron chi connectivity index (χ2n) is 7.24. The Morgan fingerprint density at radius 2 is 1.74 bits per heavy atom. The predicted molar refractivity (Wildman–Crippen MR) is 106 cm³/mol. The highest BCUT2D eigenvalue weighted by molar-refractivity contribution is 5.89. The Morgan fingerprint density at radius 3 is 2.48 bits per heavy atom. The van der Waals surface area contributed by atoms with E-state index in [1.165, 1.54) is 0 Å². The van der Waals surface area contributed by atoms with E-state index in [-0.39, 0.29) is 17.7 Å². The van der Waals surface area contributed by atoms with E-state index < -0.39 is 0 Å². The molecule has 0 amide bonds. The van der Waals surface area contributed by atoms with Crippen molar-refractivity contribution in [1.82, 2.24) is 9.78 Å². The van der Waals surface area contributed by atoms with Crippen LogP contribution in [0.25, 0.3) is 11.1 Å². The van der Waals surface area contributed by atoms with Gasteiger partial charge in [0.25, 0.3) is 0 Å². The Morgan fingerprint density at radius 1 is 1.04 bits per heavy atom. The van der Waals surface area contributed by atoms with Crippen LogP contribution < -0.4 is 5.32 Å². The quantitative estimate of drug-likeness (QED) is 0.722. The molecule has 1 aliphatic carbocycles. The molecule has 0 saturated carbocycles. The van der Waals surface area contributed by atoms with Crippen molar-refractivity contribution in [3.05, 3.63) is 83.7 Å². The van der Waals surface area contributed by atoms with Gasteiger partial charge in [-0.15, -0.1) is 0 Å². The maximum Gasteiger partial charge on any atom is 0.144 e. The summed E-state index contributed by atoms with van der Waals surface area (Å²) in [6.45, 7) is 2.04. The van der Waals surface area contributed by atoms with Crippen LogP contribution >= 0.6 is 0 Å². The fourth-order valence-corrected chi connectivity index (χ4v) is 4.38. The summed E-state index contributed by atoms with van der Waals surface area (Å²) in [5, 5.41) is 8.44. The Kier molecular flexibility index (Phi) is 3.71. The first-order valence-electron chi connectivity index (χ1n) is 9.43. The Labute approximate surface area is 158 Å². The van der Waals surface area contributed by atoms with Crippen LogP contribution in [0, 0.1) is 12.8 Å². The van der Waals surface area contributed by atoms with E-state index in [4.69, 9.17) is 5.10 Å². The molecule has 2 heterocycles. The number of fused-ring (bicyclic) bond motifs is 2. The van der Waals surface area contributed by atoms with Gasteiger partial charge in [-0.2, -0.15) is 5.10 Å². The van der Waals surface area contributed by atoms with Crippen molar-refractivity contribution in [2.75, 3.05) is 5.32 Å². The summed E-state index contributed by atoms with van der Waals surface area (Å²) in [6, 6.07) is 20.5. The minimum Gasteiger partial charge on any atom is -0.343 e. The molecule has 1 aromatic heterocycles. The van der Waals surface area contributed by atoms with Crippen LogP contribution in [0.2, 0.25) is 0 Å². The fraction of sp³-hybridized carbons (Fsp3) is 0.217. The van der Waals surface area contributed by atoms with Crippen LogP contribution in [0.15, 0.2) is 72.4 Å². The molecular formula is C23H21N3O. The van der Waals surface area contributed by atoms with Crippen LogP contribution in [0.4, 0.5) is 5.82 Å². The van der Waals surface area contributed by atoms with E-state index in [0.29, 0.717) is 6.42 Å². The zero-order valence-electron chi connectivity index (χ0n) is 15.2. The van der Waals surface area contributed by atoms with E-state index in [2.05, 4.69) is 35.7 Å². The first-order chi connectivity index (χ1) is 13.2. The number of benzene rings is 2. The number of Topliss-reactive ketones (excluding diaryl/α,β-unsaturated/α-hetero) is 1. The number of hydrogen-bond acceptors (Lipinski definition) is 3. The van der Waals surface area contributed by atoms with E-state index >= 15 is 0 Å². The third kappa shape index (κ3) is 2.52. The van der Waals surface area contributed by atoms with Crippen molar-refractivity contribution < 1.29 is 4.79 Å². The first kappa shape index (κ1) is 16.1. The summed E-state index contributed by atoms with van der Waals surface area (Å²) in [4.78, 5) is 12.9. The zero-order chi connectivity index (χ0) is 18.4. The summed E-state index contributed by atoms with van der Waals surface area (Å²) in [7, 11) is 0. The summed E-state index contributed by atoms with van der Waals surface area (Å²) < 4.78 is 2.03. The molecule has 0 bridgehead atoms. The number of ketones is 1. The predicted octanol–water partition coefficient (Wildman–Crippen LogP) is 4.74. The number of rotatable bonds is 2. The lowest BCUT2D eigenvalue weighted by Gasteiger charge is -2.37. The average molecular weight is 355 g/mol. The summed E-state index contributed by atoms with van der Waals surface area (Å²) >= 11 is 0. The van der Waals surface area contributed by atoms with Gasteiger partial charge in [0.1, 0.15) is 11.6 Å². The Hall–Kier alpha value is -3.14. The minimum atomic E-state index is -0.198. The van der Waals surface area contributed by atoms with Gasteiger partial charge in [0.2, 0.25) is 0 Å². The van der Waals surface area contributed by atoms with Crippen molar-refractivity contribution in [3.63, 3.8) is 0 Å². The Bertz CT molecular complexity index is 1030. The van der Waals surface area contributed by atoms with Crippen LogP contribution in [0.3, 0.4) is 0 Å². The maximum absolute atomic E-state index is 12.9. The number of carbonyl (C=O) groups excluding carboxylic acids is 1. The molecule has 2 aliphatic rings. The standard InChI is InChI=1S/C23H21N3O/c1-15-20(16-9-4-2-5-10-16)23-24-18-13-8-14-19(27)21(18)22(26(23)25-15)17-11-6-3-7-12-17/h2-7,9-13,21-22,24H,8,14H2,1H3/t21-,22-/m1/s1. The van der Waals surface area contributed by atoms with Gasteiger partial charge in [0.15, 0.2) is 0 Å². The second-order valence-corrected chi connectivity index (χ2v) is 7.24. The fourth-order valence-electron chi connectivity index (χ4n) is 4.38. The van der Waals surface area contributed by atoms with Crippen LogP contribution in [-0.2, 0) is 4.79 Å². The van der Waals surface area contributed by atoms with Gasteiger partial charge in [0.05, 0.1) is 17.7 Å². The van der Waals surface area contributed by atoms with E-state index in [0.717, 1.165) is 40.3 Å². The first-order valence-corrected chi connectivity index (χ1v) is 9.43. The molecule has 1 aliphatic heterocycles. The number of aryl methyl sites for hydroxylation is 1. The molecule has 4 nitrogen and oxygen atoms in total. The zero-order valence-corrected chi connectivity index (χ0v) is 15.2. The van der Waals surface area contributed by atoms with Crippen LogP contribution in [0.1, 0.15) is 30.1 Å². The molecule has 134 valence electrons. The van der Waals surface area contributed by atoms with Gasteiger partial charge in [0, 0.05) is 17.7 Å². The second kappa shape index (κ2) is 6.23. The lowest BCUT2D eigenvalue weighted by atomic mass is 9.80. The number of hydrogen-bond donors (Lipinski definition) is 1. The van der Waals surface area contributed by atoms with Crippen molar-refractivity contribution >= 4 is 11.6 Å². The molecule has 3 aromatic rings. The van der Waals surface area contributed by atoms with Gasteiger partial charge in [-0.3, -0.25) is 4.79 Å². The van der Waals surface area contributed by atoms with Gasteiger partial charge in [-0.25, -0.2) is 4.68 Å². The molecule has 0 fully saturated rings. The SMILES string of the molecule is Cc1nn2c(c1-c1ccccc1)NC1=CCCC(=O)[C@@H]1[C@H]2c1ccccc1. The molecule has 4 heteroatoms. The summed E-state index contributed by atoms with van der Waals surface area (Å²) in [5.74, 6) is 1.07. The molecule has 1 N–H and O–H groups in total. The third-order valence-corrected chi connectivity index (χ3v) is 5.57. The minimum absolute atomic E-state index is 0.113. The highest BCUT2D eigenvalue weighted by atomic mass is 16.1. The number of allylic oxidation sites excluding steroid dienone is 2. The van der Waals surface area contributed by atoms with E-state index in [9.17, 15) is 4.79 Å². The molecular weight excluding hydrogens is 334 g/mol. The molecule has 27 heavy (non-hydrogen) atoms. The average Bonchev–Trinajstić information content (AvgIpc) is 3.03. The number of aromatic nitrogens is 2. The van der Waals surface area contributed by atoms with Crippen molar-refractivity contribution in [2.45, 2.75) is 25.8 Å². The summed E-state index contributed by atoms with van der Waals surface area (Å²) in [5.41, 5.74) is 5.35. The molecule has 0 saturated heterocycles. The molecule has 0 spiro atoms. The largest absolute Gasteiger partial charge is 0.343 e. The topological polar surface area (TPSA) is 46.9 Å². The normalized spacial score (nSPS) is 21.1. The molecule has 2 aromatic carbocycles. The summed E-state index contributed by atoms with van der Waals surface area (Å²) in [6.07, 6.45) is 3.58. The monoisotopic (exact) mass is 355 g/mol. The number of nitrogens with zero attached hydrogens (tertiary/aromatic N) is 2. The molecule has 5 rings (SSSR count). The smallest absolute Gasteiger partial charge is 0.144 e. The lowest BCUT2D eigenvalue weighted by Crippen LogP contribution is -2.38. The molecule has 0 unspecified atom stereocenters. The van der Waals surface area contributed by atoms with Crippen LogP contribution in [0.5, 0.6) is 0 Å². The van der Waals surface area contributed by atoms with Crippen molar-refractivity contribution in [3.8, 4) is 11.1 Å². The number of carbonyl (C=O) groups is 1. The number of anilines is 1. The van der Waals surface area contributed by atoms with E-state index in [1.807, 2.05) is 48.0 Å². The molecule has 2 atom stereocenters. The lowest BCUT2D eigenvalue weighted by molar-refractivity contribution is -0.123. The van der Waals surface area contributed by atoms with Crippen molar-refractivity contribution in [1.29, 1.82) is 0 Å². The van der Waals surface area contributed by atoms with Gasteiger partial charge >= 0.3 is 0 Å². The van der Waals surface area contributed by atoms with Gasteiger partial charge in [-0.05, 0) is 24.5 Å². The third-order valence-electron chi connectivity index (χ3n) is 5.57. The highest BCUT2D eigenvalue weighted by Crippen LogP contribution is 2.45. The number of nitrogens with one attached hydrogen (secondary N) is 1. The highest BCUT2D eigenvalue weighted by Gasteiger charge is 2.41. The Balaban J connectivity index is 1.75. The van der Waals surface area contributed by atoms with Gasteiger partial charge in [-0.1, -0.05) is 66.7 Å². The van der Waals surface area contributed by atoms with Crippen LogP contribution in [-0.4, -0.2) is 15.6 Å². The van der Waals surface area contributed by atoms with Gasteiger partial charge < -0.3 is 5.32 Å². The van der Waals surface area contributed by atoms with Crippen molar-refractivity contribution in [2.24, 2.45) is 5.92 Å². The maximum atomic E-state index is 12.9.